The van der Waals surface area contributed by atoms with Gasteiger partial charge in [0.1, 0.15) is 5.75 Å². The summed E-state index contributed by atoms with van der Waals surface area (Å²) in [6.45, 7) is 13.1. The number of rotatable bonds is 8. The second-order valence-corrected chi connectivity index (χ2v) is 7.08. The van der Waals surface area contributed by atoms with Gasteiger partial charge in [-0.15, -0.1) is 0 Å². The molecule has 0 spiro atoms. The van der Waals surface area contributed by atoms with Crippen LogP contribution in [0.4, 0.5) is 0 Å². The smallest absolute Gasteiger partial charge is 0.119 e. The summed E-state index contributed by atoms with van der Waals surface area (Å²) in [6, 6.07) is 10.1. The Balaban J connectivity index is 2.36. The van der Waals surface area contributed by atoms with Gasteiger partial charge in [-0.1, -0.05) is 32.0 Å². The van der Waals surface area contributed by atoms with Gasteiger partial charge in [0.15, 0.2) is 0 Å². The summed E-state index contributed by atoms with van der Waals surface area (Å²) in [7, 11) is 0. The van der Waals surface area contributed by atoms with E-state index in [9.17, 15) is 0 Å². The van der Waals surface area contributed by atoms with Gasteiger partial charge >= 0.3 is 0 Å². The highest BCUT2D eigenvalue weighted by Gasteiger charge is 2.15. The summed E-state index contributed by atoms with van der Waals surface area (Å²) >= 11 is 0. The second-order valence-electron chi connectivity index (χ2n) is 7.08. The highest BCUT2D eigenvalue weighted by atomic mass is 16.5. The van der Waals surface area contributed by atoms with E-state index in [-0.39, 0.29) is 5.54 Å². The zero-order valence-corrected chi connectivity index (χ0v) is 13.8. The number of ether oxygens (including phenoxy) is 1. The highest BCUT2D eigenvalue weighted by molar-refractivity contribution is 5.20. The highest BCUT2D eigenvalue weighted by Crippen LogP contribution is 2.17. The van der Waals surface area contributed by atoms with Crippen molar-refractivity contribution in [1.29, 1.82) is 0 Å². The third kappa shape index (κ3) is 8.21. The molecule has 0 aliphatic heterocycles. The van der Waals surface area contributed by atoms with Crippen molar-refractivity contribution in [3.8, 4) is 5.75 Å². The molecule has 0 aliphatic rings. The van der Waals surface area contributed by atoms with E-state index < -0.39 is 0 Å². The van der Waals surface area contributed by atoms with Crippen LogP contribution in [-0.4, -0.2) is 18.7 Å². The van der Waals surface area contributed by atoms with E-state index in [2.05, 4.69) is 39.9 Å². The van der Waals surface area contributed by atoms with Crippen LogP contribution in [0.25, 0.3) is 0 Å². The van der Waals surface area contributed by atoms with Crippen molar-refractivity contribution < 1.29 is 4.74 Å². The van der Waals surface area contributed by atoms with Crippen molar-refractivity contribution in [3.05, 3.63) is 30.3 Å². The molecule has 2 nitrogen and oxygen atoms in total. The number of hydrogen-bond donors (Lipinski definition) is 1. The van der Waals surface area contributed by atoms with Gasteiger partial charge in [-0.2, -0.15) is 0 Å². The van der Waals surface area contributed by atoms with Crippen LogP contribution in [0.5, 0.6) is 5.75 Å². The number of para-hydroxylation sites is 1. The number of hydrogen-bond acceptors (Lipinski definition) is 2. The molecule has 0 saturated carbocycles. The maximum atomic E-state index is 5.82. The molecular weight excluding hydrogens is 246 g/mol. The third-order valence-electron chi connectivity index (χ3n) is 3.26. The molecule has 20 heavy (non-hydrogen) atoms. The SMILES string of the molecule is CC(C)CC(CCOc1ccccc1)CNC(C)(C)C. The first-order valence-corrected chi connectivity index (χ1v) is 7.79. The van der Waals surface area contributed by atoms with Gasteiger partial charge in [-0.3, -0.25) is 0 Å². The van der Waals surface area contributed by atoms with Crippen molar-refractivity contribution in [2.75, 3.05) is 13.2 Å². The molecular formula is C18H31NO. The maximum absolute atomic E-state index is 5.82. The molecule has 1 aromatic carbocycles. The van der Waals surface area contributed by atoms with Gasteiger partial charge in [0.2, 0.25) is 0 Å². The molecule has 114 valence electrons. The van der Waals surface area contributed by atoms with Crippen molar-refractivity contribution in [2.24, 2.45) is 11.8 Å². The Morgan fingerprint density at radius 3 is 2.30 bits per heavy atom. The molecule has 0 aromatic heterocycles. The molecule has 1 N–H and O–H groups in total. The zero-order valence-electron chi connectivity index (χ0n) is 13.8. The van der Waals surface area contributed by atoms with Crippen LogP contribution >= 0.6 is 0 Å². The molecule has 1 unspecified atom stereocenters. The molecule has 0 radical (unpaired) electrons. The van der Waals surface area contributed by atoms with Gasteiger partial charge < -0.3 is 10.1 Å². The normalized spacial score (nSPS) is 13.5. The Morgan fingerprint density at radius 2 is 1.75 bits per heavy atom. The van der Waals surface area contributed by atoms with Crippen LogP contribution in [0.15, 0.2) is 30.3 Å². The van der Waals surface area contributed by atoms with E-state index in [0.29, 0.717) is 5.92 Å². The van der Waals surface area contributed by atoms with Gasteiger partial charge in [0, 0.05) is 5.54 Å². The van der Waals surface area contributed by atoms with Crippen LogP contribution in [0.1, 0.15) is 47.5 Å². The van der Waals surface area contributed by atoms with E-state index in [1.165, 1.54) is 6.42 Å². The molecule has 1 aromatic rings. The van der Waals surface area contributed by atoms with Gasteiger partial charge in [-0.05, 0) is 64.1 Å². The summed E-state index contributed by atoms with van der Waals surface area (Å²) in [5, 5.41) is 3.62. The quantitative estimate of drug-likeness (QED) is 0.755. The average molecular weight is 277 g/mol. The fourth-order valence-electron chi connectivity index (χ4n) is 2.28. The first-order chi connectivity index (χ1) is 9.37. The summed E-state index contributed by atoms with van der Waals surface area (Å²) in [6.07, 6.45) is 2.36. The predicted octanol–water partition coefficient (Wildman–Crippen LogP) is 4.51. The Morgan fingerprint density at radius 1 is 1.10 bits per heavy atom. The van der Waals surface area contributed by atoms with E-state index in [1.807, 2.05) is 30.3 Å². The Bertz CT molecular complexity index is 353. The van der Waals surface area contributed by atoms with E-state index in [4.69, 9.17) is 4.74 Å². The van der Waals surface area contributed by atoms with Crippen LogP contribution in [0, 0.1) is 11.8 Å². The van der Waals surface area contributed by atoms with Crippen LogP contribution < -0.4 is 10.1 Å². The van der Waals surface area contributed by atoms with E-state index in [1.54, 1.807) is 0 Å². The Kier molecular flexibility index (Phi) is 7.08. The fourth-order valence-corrected chi connectivity index (χ4v) is 2.28. The average Bonchev–Trinajstić information content (AvgIpc) is 2.35. The lowest BCUT2D eigenvalue weighted by Crippen LogP contribution is -2.39. The molecule has 0 aliphatic carbocycles. The zero-order chi connectivity index (χ0) is 15.0. The van der Waals surface area contributed by atoms with E-state index >= 15 is 0 Å². The standard InChI is InChI=1S/C18H31NO/c1-15(2)13-16(14-19-18(3,4)5)11-12-20-17-9-7-6-8-10-17/h6-10,15-16,19H,11-14H2,1-5H3. The second kappa shape index (κ2) is 8.31. The fraction of sp³-hybridized carbons (Fsp3) is 0.667. The molecule has 1 rings (SSSR count). The molecule has 1 atom stereocenters. The van der Waals surface area contributed by atoms with Crippen LogP contribution in [0.3, 0.4) is 0 Å². The summed E-state index contributed by atoms with van der Waals surface area (Å²) < 4.78 is 5.82. The Hall–Kier alpha value is -1.02. The molecule has 0 heterocycles. The van der Waals surface area contributed by atoms with E-state index in [0.717, 1.165) is 31.2 Å². The lowest BCUT2D eigenvalue weighted by molar-refractivity contribution is 0.246. The molecule has 2 heteroatoms. The largest absolute Gasteiger partial charge is 0.494 e. The minimum Gasteiger partial charge on any atom is -0.494 e. The van der Waals surface area contributed by atoms with Crippen LogP contribution in [-0.2, 0) is 0 Å². The van der Waals surface area contributed by atoms with Gasteiger partial charge in [0.25, 0.3) is 0 Å². The minimum atomic E-state index is 0.190. The topological polar surface area (TPSA) is 21.3 Å². The predicted molar refractivity (Wildman–Crippen MR) is 87.3 cm³/mol. The maximum Gasteiger partial charge on any atom is 0.119 e. The minimum absolute atomic E-state index is 0.190. The number of benzene rings is 1. The molecule has 0 fully saturated rings. The lowest BCUT2D eigenvalue weighted by Gasteiger charge is -2.26. The van der Waals surface area contributed by atoms with Crippen molar-refractivity contribution >= 4 is 0 Å². The monoisotopic (exact) mass is 277 g/mol. The van der Waals surface area contributed by atoms with Crippen molar-refractivity contribution in [2.45, 2.75) is 53.0 Å². The van der Waals surface area contributed by atoms with Gasteiger partial charge in [0.05, 0.1) is 6.61 Å². The third-order valence-corrected chi connectivity index (χ3v) is 3.26. The summed E-state index contributed by atoms with van der Waals surface area (Å²) in [5.41, 5.74) is 0.190. The first kappa shape index (κ1) is 17.0. The first-order valence-electron chi connectivity index (χ1n) is 7.79. The molecule has 0 amide bonds. The van der Waals surface area contributed by atoms with Gasteiger partial charge in [-0.25, -0.2) is 0 Å². The van der Waals surface area contributed by atoms with Crippen molar-refractivity contribution in [3.63, 3.8) is 0 Å². The number of nitrogens with one attached hydrogen (secondary N) is 1. The lowest BCUT2D eigenvalue weighted by atomic mass is 9.93. The molecule has 0 saturated heterocycles. The summed E-state index contributed by atoms with van der Waals surface area (Å²) in [5.74, 6) is 2.39. The van der Waals surface area contributed by atoms with Crippen molar-refractivity contribution in [1.82, 2.24) is 5.32 Å². The summed E-state index contributed by atoms with van der Waals surface area (Å²) in [4.78, 5) is 0. The Labute approximate surface area is 124 Å². The molecule has 0 bridgehead atoms. The van der Waals surface area contributed by atoms with Crippen LogP contribution in [0.2, 0.25) is 0 Å².